The van der Waals surface area contributed by atoms with Crippen LogP contribution in [0.25, 0.3) is 0 Å². The van der Waals surface area contributed by atoms with E-state index in [1.807, 2.05) is 0 Å². The molecule has 0 amide bonds. The van der Waals surface area contributed by atoms with Crippen molar-refractivity contribution in [1.29, 1.82) is 5.26 Å². The fourth-order valence-electron chi connectivity index (χ4n) is 2.48. The molecule has 0 bridgehead atoms. The summed E-state index contributed by atoms with van der Waals surface area (Å²) in [4.78, 5) is -0.118. The van der Waals surface area contributed by atoms with E-state index in [2.05, 4.69) is 6.07 Å². The first-order chi connectivity index (χ1) is 10.5. The quantitative estimate of drug-likeness (QED) is 0.823. The highest BCUT2D eigenvalue weighted by atomic mass is 32.2. The van der Waals surface area contributed by atoms with Crippen molar-refractivity contribution in [3.63, 3.8) is 0 Å². The van der Waals surface area contributed by atoms with Gasteiger partial charge in [-0.15, -0.1) is 0 Å². The Morgan fingerprint density at radius 3 is 2.17 bits per heavy atom. The molecular weight excluding hydrogens is 329 g/mol. The summed E-state index contributed by atoms with van der Waals surface area (Å²) in [7, 11) is -2.61. The third kappa shape index (κ3) is 3.67. The summed E-state index contributed by atoms with van der Waals surface area (Å²) in [5.74, 6) is -0.0169. The molecule has 1 saturated carbocycles. The van der Waals surface area contributed by atoms with Crippen molar-refractivity contribution < 1.29 is 21.6 Å². The first-order valence-corrected chi connectivity index (χ1v) is 8.51. The molecule has 126 valence electrons. The minimum absolute atomic E-state index is 0.00987. The van der Waals surface area contributed by atoms with Crippen LogP contribution in [0.5, 0.6) is 0 Å². The first-order valence-electron chi connectivity index (χ1n) is 7.07. The standard InChI is InChI=1S/C15H17F3N2O2S/c1-14(10-19,12-5-6-12)20(2)23(21,22)13-7-3-11(4-8-13)9-15(16,17)18/h3-4,7-8,12H,5-6,9H2,1-2H3. The molecule has 0 spiro atoms. The van der Waals surface area contributed by atoms with E-state index in [9.17, 15) is 26.9 Å². The van der Waals surface area contributed by atoms with Gasteiger partial charge in [-0.05, 0) is 43.4 Å². The van der Waals surface area contributed by atoms with Crippen molar-refractivity contribution in [2.75, 3.05) is 7.05 Å². The Morgan fingerprint density at radius 2 is 1.78 bits per heavy atom. The molecule has 23 heavy (non-hydrogen) atoms. The van der Waals surface area contributed by atoms with Crippen LogP contribution < -0.4 is 0 Å². The molecule has 0 aliphatic heterocycles. The maximum atomic E-state index is 12.6. The van der Waals surface area contributed by atoms with Crippen LogP contribution >= 0.6 is 0 Å². The summed E-state index contributed by atoms with van der Waals surface area (Å²) < 4.78 is 63.3. The third-order valence-electron chi connectivity index (χ3n) is 4.24. The van der Waals surface area contributed by atoms with Gasteiger partial charge < -0.3 is 0 Å². The average molecular weight is 346 g/mol. The van der Waals surface area contributed by atoms with Gasteiger partial charge in [-0.3, -0.25) is 0 Å². The molecule has 1 atom stereocenters. The van der Waals surface area contributed by atoms with E-state index in [-0.39, 0.29) is 16.4 Å². The van der Waals surface area contributed by atoms with Gasteiger partial charge in [-0.25, -0.2) is 8.42 Å². The third-order valence-corrected chi connectivity index (χ3v) is 6.21. The van der Waals surface area contributed by atoms with Gasteiger partial charge in [0, 0.05) is 7.05 Å². The van der Waals surface area contributed by atoms with Crippen LogP contribution in [0.2, 0.25) is 0 Å². The number of rotatable bonds is 5. The predicted molar refractivity (Wildman–Crippen MR) is 77.9 cm³/mol. The fraction of sp³-hybridized carbons (Fsp3) is 0.533. The summed E-state index contributed by atoms with van der Waals surface area (Å²) >= 11 is 0. The smallest absolute Gasteiger partial charge is 0.207 e. The van der Waals surface area contributed by atoms with E-state index in [4.69, 9.17) is 0 Å². The average Bonchev–Trinajstić information content (AvgIpc) is 3.29. The van der Waals surface area contributed by atoms with Crippen molar-refractivity contribution in [1.82, 2.24) is 4.31 Å². The highest BCUT2D eigenvalue weighted by molar-refractivity contribution is 7.89. The summed E-state index contributed by atoms with van der Waals surface area (Å²) in [6.07, 6.45) is -3.88. The first kappa shape index (κ1) is 17.8. The fourth-order valence-corrected chi connectivity index (χ4v) is 3.97. The van der Waals surface area contributed by atoms with Gasteiger partial charge in [0.25, 0.3) is 0 Å². The molecule has 0 saturated heterocycles. The number of alkyl halides is 3. The SMILES string of the molecule is CN(C(C)(C#N)C1CC1)S(=O)(=O)c1ccc(CC(F)(F)F)cc1. The van der Waals surface area contributed by atoms with Crippen LogP contribution in [0.3, 0.4) is 0 Å². The molecule has 0 radical (unpaired) electrons. The van der Waals surface area contributed by atoms with Crippen molar-refractivity contribution >= 4 is 10.0 Å². The Balaban J connectivity index is 2.28. The second-order valence-corrected chi connectivity index (χ2v) is 7.91. The number of sulfonamides is 1. The monoisotopic (exact) mass is 346 g/mol. The van der Waals surface area contributed by atoms with E-state index in [1.54, 1.807) is 6.92 Å². The molecule has 1 aromatic rings. The Kier molecular flexibility index (Phi) is 4.48. The van der Waals surface area contributed by atoms with Crippen molar-refractivity contribution in [3.8, 4) is 6.07 Å². The van der Waals surface area contributed by atoms with Gasteiger partial charge in [-0.2, -0.15) is 22.7 Å². The number of nitriles is 1. The molecule has 2 rings (SSSR count). The zero-order valence-corrected chi connectivity index (χ0v) is 13.6. The zero-order chi connectivity index (χ0) is 17.5. The molecular formula is C15H17F3N2O2S. The van der Waals surface area contributed by atoms with E-state index in [0.717, 1.165) is 41.4 Å². The molecule has 4 nitrogen and oxygen atoms in total. The predicted octanol–water partition coefficient (Wildman–Crippen LogP) is 3.10. The van der Waals surface area contributed by atoms with E-state index in [0.29, 0.717) is 0 Å². The highest BCUT2D eigenvalue weighted by Crippen LogP contribution is 2.43. The Bertz CT molecular complexity index is 719. The summed E-state index contributed by atoms with van der Waals surface area (Å²) in [5, 5.41) is 9.37. The van der Waals surface area contributed by atoms with Gasteiger partial charge in [0.1, 0.15) is 5.54 Å². The largest absolute Gasteiger partial charge is 0.393 e. The minimum atomic E-state index is -4.34. The second-order valence-electron chi connectivity index (χ2n) is 5.94. The topological polar surface area (TPSA) is 61.2 Å². The maximum Gasteiger partial charge on any atom is 0.393 e. The number of benzene rings is 1. The second kappa shape index (κ2) is 5.80. The van der Waals surface area contributed by atoms with Crippen LogP contribution in [0.15, 0.2) is 29.2 Å². The molecule has 1 fully saturated rings. The molecule has 1 unspecified atom stereocenters. The molecule has 8 heteroatoms. The minimum Gasteiger partial charge on any atom is -0.207 e. The van der Waals surface area contributed by atoms with Gasteiger partial charge in [0.05, 0.1) is 17.4 Å². The summed E-state index contributed by atoms with van der Waals surface area (Å²) in [6, 6.07) is 6.65. The molecule has 1 aliphatic carbocycles. The number of hydrogen-bond donors (Lipinski definition) is 0. The van der Waals surface area contributed by atoms with Gasteiger partial charge in [-0.1, -0.05) is 12.1 Å². The highest BCUT2D eigenvalue weighted by Gasteiger charge is 2.49. The van der Waals surface area contributed by atoms with Gasteiger partial charge in [0.15, 0.2) is 0 Å². The molecule has 1 aromatic carbocycles. The molecule has 0 heterocycles. The van der Waals surface area contributed by atoms with Crippen molar-refractivity contribution in [2.24, 2.45) is 5.92 Å². The lowest BCUT2D eigenvalue weighted by atomic mass is 9.99. The number of halogens is 3. The number of hydrogen-bond acceptors (Lipinski definition) is 3. The number of nitrogens with zero attached hydrogens (tertiary/aromatic N) is 2. The Hall–Kier alpha value is -1.59. The van der Waals surface area contributed by atoms with Crippen LogP contribution in [0.4, 0.5) is 13.2 Å². The molecule has 1 aliphatic rings. The van der Waals surface area contributed by atoms with Crippen LogP contribution in [0, 0.1) is 17.2 Å². The maximum absolute atomic E-state index is 12.6. The lowest BCUT2D eigenvalue weighted by molar-refractivity contribution is -0.127. The normalized spacial score (nSPS) is 18.5. The van der Waals surface area contributed by atoms with E-state index >= 15 is 0 Å². The Morgan fingerprint density at radius 1 is 1.26 bits per heavy atom. The molecule has 0 N–H and O–H groups in total. The van der Waals surface area contributed by atoms with Crippen LogP contribution in [-0.4, -0.2) is 31.5 Å². The summed E-state index contributed by atoms with van der Waals surface area (Å²) in [5.41, 5.74) is -1.16. The molecule has 0 aromatic heterocycles. The van der Waals surface area contributed by atoms with E-state index in [1.165, 1.54) is 7.05 Å². The summed E-state index contributed by atoms with van der Waals surface area (Å²) in [6.45, 7) is 1.57. The van der Waals surface area contributed by atoms with Gasteiger partial charge in [0.2, 0.25) is 10.0 Å². The lowest BCUT2D eigenvalue weighted by Crippen LogP contribution is -2.47. The van der Waals surface area contributed by atoms with E-state index < -0.39 is 28.2 Å². The lowest BCUT2D eigenvalue weighted by Gasteiger charge is -2.32. The van der Waals surface area contributed by atoms with Crippen molar-refractivity contribution in [3.05, 3.63) is 29.8 Å². The van der Waals surface area contributed by atoms with Crippen LogP contribution in [-0.2, 0) is 16.4 Å². The van der Waals surface area contributed by atoms with Gasteiger partial charge >= 0.3 is 6.18 Å². The van der Waals surface area contributed by atoms with Crippen molar-refractivity contribution in [2.45, 2.75) is 42.8 Å². The zero-order valence-electron chi connectivity index (χ0n) is 12.8. The van der Waals surface area contributed by atoms with Crippen LogP contribution in [0.1, 0.15) is 25.3 Å². The Labute approximate surface area is 133 Å².